The lowest BCUT2D eigenvalue weighted by molar-refractivity contribution is -0.148. The second-order valence-electron chi connectivity index (χ2n) is 3.69. The highest BCUT2D eigenvalue weighted by molar-refractivity contribution is 6.49. The number of methoxy groups -OCH3 is 1. The number of hydrogen-bond acceptors (Lipinski definition) is 4. The molecular weight excluding hydrogens is 243 g/mol. The molecule has 0 aromatic rings. The quantitative estimate of drug-likeness (QED) is 0.437. The van der Waals surface area contributed by atoms with E-state index in [1.165, 1.54) is 13.2 Å². The van der Waals surface area contributed by atoms with E-state index in [0.717, 1.165) is 0 Å². The summed E-state index contributed by atoms with van der Waals surface area (Å²) in [4.78, 5) is 22.1. The van der Waals surface area contributed by atoms with Gasteiger partial charge in [0.15, 0.2) is 0 Å². The average molecular weight is 253 g/mol. The molecule has 1 aliphatic heterocycles. The number of carbonyl (C=O) groups excluding carboxylic acids is 2. The van der Waals surface area contributed by atoms with Gasteiger partial charge in [-0.2, -0.15) is 0 Å². The van der Waals surface area contributed by atoms with E-state index in [0.29, 0.717) is 0 Å². The van der Waals surface area contributed by atoms with Gasteiger partial charge in [-0.25, -0.2) is 4.79 Å². The van der Waals surface area contributed by atoms with Crippen LogP contribution in [-0.4, -0.2) is 24.1 Å². The number of epoxide rings is 1. The van der Waals surface area contributed by atoms with Gasteiger partial charge in [0, 0.05) is 0 Å². The summed E-state index contributed by atoms with van der Waals surface area (Å²) < 4.78 is 9.06. The van der Waals surface area contributed by atoms with Gasteiger partial charge in [-0.3, -0.25) is 4.79 Å². The molecule has 0 aliphatic carbocycles. The third-order valence-electron chi connectivity index (χ3n) is 1.96. The van der Waals surface area contributed by atoms with Gasteiger partial charge in [0.1, 0.15) is 0 Å². The number of esters is 1. The van der Waals surface area contributed by atoms with Crippen molar-refractivity contribution in [3.63, 3.8) is 0 Å². The zero-order valence-corrected chi connectivity index (χ0v) is 9.98. The summed E-state index contributed by atoms with van der Waals surface area (Å²) in [7, 11) is 1.26. The van der Waals surface area contributed by atoms with Crippen LogP contribution in [0.5, 0.6) is 0 Å². The van der Waals surface area contributed by atoms with E-state index < -0.39 is 22.4 Å². The van der Waals surface area contributed by atoms with Gasteiger partial charge in [-0.05, 0) is 19.9 Å². The summed E-state index contributed by atoms with van der Waals surface area (Å²) in [6.45, 7) is 3.18. The van der Waals surface area contributed by atoms with Gasteiger partial charge in [-0.1, -0.05) is 23.2 Å². The highest BCUT2D eigenvalue weighted by atomic mass is 35.5. The van der Waals surface area contributed by atoms with E-state index in [1.54, 1.807) is 13.8 Å². The first-order chi connectivity index (χ1) is 6.74. The Bertz CT molecular complexity index is 348. The van der Waals surface area contributed by atoms with Gasteiger partial charge in [0.2, 0.25) is 0 Å². The fourth-order valence-corrected chi connectivity index (χ4v) is 1.49. The molecule has 6 heteroatoms. The molecule has 1 aliphatic rings. The summed E-state index contributed by atoms with van der Waals surface area (Å²) >= 11 is 11.5. The molecule has 1 heterocycles. The third-order valence-corrected chi connectivity index (χ3v) is 2.87. The average Bonchev–Trinajstić information content (AvgIpc) is 2.74. The molecule has 0 aromatic carbocycles. The molecule has 0 unspecified atom stereocenters. The topological polar surface area (TPSA) is 55.9 Å². The van der Waals surface area contributed by atoms with E-state index in [-0.39, 0.29) is 5.03 Å². The molecule has 0 saturated carbocycles. The first kappa shape index (κ1) is 12.3. The molecule has 0 radical (unpaired) electrons. The minimum absolute atomic E-state index is 0.0235. The molecule has 15 heavy (non-hydrogen) atoms. The SMILES string of the molecule is COC(=O)C(C)(C)C=C(Cl)[C@@]1(Cl)OC1=O. The number of halogens is 2. The summed E-state index contributed by atoms with van der Waals surface area (Å²) in [5, 5.41) is -1.61. The maximum Gasteiger partial charge on any atom is 0.375 e. The zero-order valence-electron chi connectivity index (χ0n) is 8.47. The molecular formula is C9H10Cl2O4. The van der Waals surface area contributed by atoms with Gasteiger partial charge < -0.3 is 9.47 Å². The molecule has 1 saturated heterocycles. The van der Waals surface area contributed by atoms with Crippen LogP contribution in [0.4, 0.5) is 0 Å². The number of cyclic esters (lactones) is 1. The monoisotopic (exact) mass is 252 g/mol. The van der Waals surface area contributed by atoms with Gasteiger partial charge in [-0.15, -0.1) is 0 Å². The predicted octanol–water partition coefficient (Wildman–Crippen LogP) is 1.80. The second-order valence-corrected chi connectivity index (χ2v) is 4.63. The van der Waals surface area contributed by atoms with Crippen LogP contribution in [0, 0.1) is 5.41 Å². The van der Waals surface area contributed by atoms with Gasteiger partial charge in [0.25, 0.3) is 0 Å². The number of carbonyl (C=O) groups is 2. The fraction of sp³-hybridized carbons (Fsp3) is 0.556. The van der Waals surface area contributed by atoms with Crippen LogP contribution >= 0.6 is 23.2 Å². The van der Waals surface area contributed by atoms with Crippen LogP contribution in [0.25, 0.3) is 0 Å². The molecule has 0 bridgehead atoms. The van der Waals surface area contributed by atoms with Gasteiger partial charge >= 0.3 is 17.0 Å². The first-order valence-corrected chi connectivity index (χ1v) is 4.89. The van der Waals surface area contributed by atoms with Crippen molar-refractivity contribution >= 4 is 35.1 Å². The predicted molar refractivity (Wildman–Crippen MR) is 54.4 cm³/mol. The van der Waals surface area contributed by atoms with Crippen LogP contribution in [0.15, 0.2) is 11.1 Å². The highest BCUT2D eigenvalue weighted by Crippen LogP contribution is 2.44. The summed E-state index contributed by atoms with van der Waals surface area (Å²) in [5.74, 6) is -1.10. The van der Waals surface area contributed by atoms with Crippen molar-refractivity contribution in [1.82, 2.24) is 0 Å². The Morgan fingerprint density at radius 2 is 2.07 bits per heavy atom. The molecule has 0 N–H and O–H groups in total. The van der Waals surface area contributed by atoms with Crippen molar-refractivity contribution in [3.8, 4) is 0 Å². The van der Waals surface area contributed by atoms with E-state index in [2.05, 4.69) is 9.47 Å². The largest absolute Gasteiger partial charge is 0.468 e. The Morgan fingerprint density at radius 1 is 1.60 bits per heavy atom. The van der Waals surface area contributed by atoms with Crippen molar-refractivity contribution in [2.45, 2.75) is 18.9 Å². The molecule has 0 amide bonds. The lowest BCUT2D eigenvalue weighted by Crippen LogP contribution is -2.24. The maximum absolute atomic E-state index is 11.3. The van der Waals surface area contributed by atoms with Crippen molar-refractivity contribution in [1.29, 1.82) is 0 Å². The number of ether oxygens (including phenoxy) is 2. The lowest BCUT2D eigenvalue weighted by atomic mass is 9.93. The first-order valence-electron chi connectivity index (χ1n) is 4.13. The van der Waals surface area contributed by atoms with Crippen LogP contribution < -0.4 is 0 Å². The molecule has 1 rings (SSSR count). The number of hydrogen-bond donors (Lipinski definition) is 0. The Balaban J connectivity index is 2.88. The van der Waals surface area contributed by atoms with Crippen LogP contribution in [0.3, 0.4) is 0 Å². The molecule has 0 spiro atoms. The molecule has 1 atom stereocenters. The minimum atomic E-state index is -1.59. The van der Waals surface area contributed by atoms with Crippen molar-refractivity contribution < 1.29 is 19.1 Å². The minimum Gasteiger partial charge on any atom is -0.468 e. The van der Waals surface area contributed by atoms with Crippen molar-refractivity contribution in [3.05, 3.63) is 11.1 Å². The van der Waals surface area contributed by atoms with Crippen molar-refractivity contribution in [2.24, 2.45) is 5.41 Å². The Labute approximate surface area is 97.1 Å². The normalized spacial score (nSPS) is 25.9. The van der Waals surface area contributed by atoms with E-state index in [9.17, 15) is 9.59 Å². The smallest absolute Gasteiger partial charge is 0.375 e. The van der Waals surface area contributed by atoms with Crippen LogP contribution in [0.1, 0.15) is 13.8 Å². The summed E-state index contributed by atoms with van der Waals surface area (Å²) in [6, 6.07) is 0. The van der Waals surface area contributed by atoms with E-state index in [1.807, 2.05) is 0 Å². The van der Waals surface area contributed by atoms with Crippen LogP contribution in [0.2, 0.25) is 0 Å². The molecule has 1 fully saturated rings. The zero-order chi connectivity index (χ0) is 11.9. The Morgan fingerprint density at radius 3 is 2.40 bits per heavy atom. The Kier molecular flexibility index (Phi) is 3.03. The molecule has 0 aromatic heterocycles. The second kappa shape index (κ2) is 3.68. The third kappa shape index (κ3) is 2.26. The number of alkyl halides is 1. The van der Waals surface area contributed by atoms with Crippen molar-refractivity contribution in [2.75, 3.05) is 7.11 Å². The molecule has 4 nitrogen and oxygen atoms in total. The molecule has 84 valence electrons. The fourth-order valence-electron chi connectivity index (χ4n) is 0.980. The highest BCUT2D eigenvalue weighted by Gasteiger charge is 2.60. The maximum atomic E-state index is 11.3. The summed E-state index contributed by atoms with van der Waals surface area (Å²) in [6.07, 6.45) is 1.35. The summed E-state index contributed by atoms with van der Waals surface area (Å²) in [5.41, 5.74) is -0.958. The van der Waals surface area contributed by atoms with E-state index in [4.69, 9.17) is 23.2 Å². The Hall–Kier alpha value is -0.740. The number of rotatable bonds is 3. The van der Waals surface area contributed by atoms with Crippen LogP contribution in [-0.2, 0) is 19.1 Å². The lowest BCUT2D eigenvalue weighted by Gasteiger charge is -2.17. The standard InChI is InChI=1S/C9H10Cl2O4/c1-8(2,6(12)14-3)4-5(10)9(11)7(13)15-9/h4H,1-3H3/t9-/m1/s1. The van der Waals surface area contributed by atoms with E-state index >= 15 is 0 Å². The van der Waals surface area contributed by atoms with Gasteiger partial charge in [0.05, 0.1) is 17.6 Å².